The van der Waals surface area contributed by atoms with Gasteiger partial charge in [-0.2, -0.15) is 0 Å². The molecular formula is C16H28N2O. The lowest BCUT2D eigenvalue weighted by Crippen LogP contribution is -2.36. The van der Waals surface area contributed by atoms with Crippen molar-refractivity contribution in [3.8, 4) is 0 Å². The summed E-state index contributed by atoms with van der Waals surface area (Å²) >= 11 is 0. The molecule has 0 aromatic heterocycles. The van der Waals surface area contributed by atoms with Gasteiger partial charge in [-0.15, -0.1) is 0 Å². The van der Waals surface area contributed by atoms with Gasteiger partial charge in [0, 0.05) is 13.0 Å². The number of hydrogen-bond donors (Lipinski definition) is 2. The monoisotopic (exact) mass is 264 g/mol. The average molecular weight is 264 g/mol. The third-order valence-electron chi connectivity index (χ3n) is 2.98. The molecule has 2 atom stereocenters. The molecular weight excluding hydrogens is 236 g/mol. The Morgan fingerprint density at radius 2 is 2.05 bits per heavy atom. The van der Waals surface area contributed by atoms with Crippen LogP contribution < -0.4 is 10.6 Å². The van der Waals surface area contributed by atoms with Crippen LogP contribution in [0.15, 0.2) is 36.5 Å². The molecule has 19 heavy (non-hydrogen) atoms. The summed E-state index contributed by atoms with van der Waals surface area (Å²) in [5.41, 5.74) is 1.12. The summed E-state index contributed by atoms with van der Waals surface area (Å²) in [7, 11) is 0. The van der Waals surface area contributed by atoms with Gasteiger partial charge in [0.15, 0.2) is 0 Å². The van der Waals surface area contributed by atoms with Gasteiger partial charge in [-0.1, -0.05) is 37.8 Å². The Bertz CT molecular complexity index is 332. The van der Waals surface area contributed by atoms with E-state index in [0.717, 1.165) is 25.0 Å². The molecule has 0 aromatic rings. The van der Waals surface area contributed by atoms with E-state index >= 15 is 0 Å². The molecule has 0 saturated carbocycles. The highest BCUT2D eigenvalue weighted by molar-refractivity contribution is 5.73. The van der Waals surface area contributed by atoms with Crippen molar-refractivity contribution in [2.24, 2.45) is 0 Å². The molecule has 0 spiro atoms. The van der Waals surface area contributed by atoms with Crippen LogP contribution in [0.1, 0.15) is 40.5 Å². The first kappa shape index (κ1) is 17.6. The fourth-order valence-corrected chi connectivity index (χ4v) is 2.03. The van der Waals surface area contributed by atoms with Gasteiger partial charge in [0.2, 0.25) is 5.91 Å². The average Bonchev–Trinajstić information content (AvgIpc) is 2.36. The zero-order valence-electron chi connectivity index (χ0n) is 12.7. The topological polar surface area (TPSA) is 41.1 Å². The zero-order chi connectivity index (χ0) is 14.7. The van der Waals surface area contributed by atoms with Crippen molar-refractivity contribution in [2.45, 2.75) is 52.6 Å². The summed E-state index contributed by atoms with van der Waals surface area (Å²) in [5.74, 6) is 0.00690. The van der Waals surface area contributed by atoms with Gasteiger partial charge in [0.25, 0.3) is 0 Å². The van der Waals surface area contributed by atoms with Crippen LogP contribution in [-0.4, -0.2) is 24.5 Å². The Morgan fingerprint density at radius 1 is 1.37 bits per heavy atom. The minimum atomic E-state index is 0.00690. The number of carbonyl (C=O) groups is 1. The predicted molar refractivity (Wildman–Crippen MR) is 83.1 cm³/mol. The van der Waals surface area contributed by atoms with Crippen LogP contribution in [0.2, 0.25) is 0 Å². The summed E-state index contributed by atoms with van der Waals surface area (Å²) in [6.45, 7) is 12.5. The molecule has 0 bridgehead atoms. The second-order valence-corrected chi connectivity index (χ2v) is 4.67. The van der Waals surface area contributed by atoms with E-state index in [2.05, 4.69) is 31.1 Å². The quantitative estimate of drug-likeness (QED) is 0.629. The van der Waals surface area contributed by atoms with Crippen LogP contribution in [0.3, 0.4) is 0 Å². The molecule has 0 fully saturated rings. The summed E-state index contributed by atoms with van der Waals surface area (Å²) < 4.78 is 0. The van der Waals surface area contributed by atoms with Crippen molar-refractivity contribution in [1.29, 1.82) is 0 Å². The predicted octanol–water partition coefficient (Wildman–Crippen LogP) is 2.96. The van der Waals surface area contributed by atoms with Crippen LogP contribution in [0.5, 0.6) is 0 Å². The van der Waals surface area contributed by atoms with E-state index in [1.165, 1.54) is 0 Å². The van der Waals surface area contributed by atoms with Gasteiger partial charge in [0.1, 0.15) is 0 Å². The zero-order valence-corrected chi connectivity index (χ0v) is 12.7. The summed E-state index contributed by atoms with van der Waals surface area (Å²) in [6.07, 6.45) is 9.64. The standard InChI is InChI=1S/C16H28N2O/c1-6-9-10-15(7-2)16(18-14(5)19)12-11-13(4)17-8-3/h6-7,9-10,13,16-17H,1,8,11-12H2,2-5H3,(H,18,19)/b10-9-,15-7+. The number of nitrogens with one attached hydrogen (secondary N) is 2. The lowest BCUT2D eigenvalue weighted by atomic mass is 9.98. The normalized spacial score (nSPS) is 15.3. The molecule has 0 aliphatic heterocycles. The summed E-state index contributed by atoms with van der Waals surface area (Å²) in [5, 5.41) is 6.40. The lowest BCUT2D eigenvalue weighted by Gasteiger charge is -2.21. The molecule has 2 N–H and O–H groups in total. The Morgan fingerprint density at radius 3 is 2.53 bits per heavy atom. The smallest absolute Gasteiger partial charge is 0.217 e. The van der Waals surface area contributed by atoms with Gasteiger partial charge in [-0.25, -0.2) is 0 Å². The maximum Gasteiger partial charge on any atom is 0.217 e. The van der Waals surface area contributed by atoms with E-state index in [1.807, 2.05) is 25.2 Å². The molecule has 3 nitrogen and oxygen atoms in total. The van der Waals surface area contributed by atoms with Crippen molar-refractivity contribution in [3.63, 3.8) is 0 Å². The Kier molecular flexibility index (Phi) is 9.81. The van der Waals surface area contributed by atoms with Crippen molar-refractivity contribution in [3.05, 3.63) is 36.5 Å². The van der Waals surface area contributed by atoms with Gasteiger partial charge in [0.05, 0.1) is 6.04 Å². The highest BCUT2D eigenvalue weighted by Gasteiger charge is 2.14. The van der Waals surface area contributed by atoms with Crippen LogP contribution in [0.25, 0.3) is 0 Å². The van der Waals surface area contributed by atoms with Crippen molar-refractivity contribution in [2.75, 3.05) is 6.54 Å². The Hall–Kier alpha value is -1.35. The van der Waals surface area contributed by atoms with Crippen molar-refractivity contribution < 1.29 is 4.79 Å². The number of hydrogen-bond acceptors (Lipinski definition) is 2. The maximum absolute atomic E-state index is 11.3. The maximum atomic E-state index is 11.3. The van der Waals surface area contributed by atoms with Gasteiger partial charge in [-0.05, 0) is 38.8 Å². The van der Waals surface area contributed by atoms with Gasteiger partial charge in [-0.3, -0.25) is 4.79 Å². The number of rotatable bonds is 9. The Labute approximate surface area is 117 Å². The fraction of sp³-hybridized carbons (Fsp3) is 0.562. The SMILES string of the molecule is C=C/C=C\C(=C/C)C(CCC(C)NCC)NC(C)=O. The van der Waals surface area contributed by atoms with Crippen LogP contribution in [0, 0.1) is 0 Å². The third-order valence-corrected chi connectivity index (χ3v) is 2.98. The van der Waals surface area contributed by atoms with E-state index < -0.39 is 0 Å². The molecule has 0 aliphatic rings. The highest BCUT2D eigenvalue weighted by atomic mass is 16.1. The first-order chi connectivity index (χ1) is 9.04. The minimum absolute atomic E-state index is 0.00690. The van der Waals surface area contributed by atoms with Crippen LogP contribution >= 0.6 is 0 Å². The van der Waals surface area contributed by atoms with Gasteiger partial charge < -0.3 is 10.6 Å². The second kappa shape index (κ2) is 10.6. The van der Waals surface area contributed by atoms with E-state index in [0.29, 0.717) is 6.04 Å². The molecule has 0 saturated heterocycles. The molecule has 0 aromatic carbocycles. The number of allylic oxidation sites excluding steroid dienone is 3. The summed E-state index contributed by atoms with van der Waals surface area (Å²) in [6, 6.07) is 0.530. The molecule has 1 amide bonds. The first-order valence-corrected chi connectivity index (χ1v) is 7.00. The first-order valence-electron chi connectivity index (χ1n) is 7.00. The highest BCUT2D eigenvalue weighted by Crippen LogP contribution is 2.12. The molecule has 0 rings (SSSR count). The number of amides is 1. The molecule has 2 unspecified atom stereocenters. The molecule has 0 heterocycles. The van der Waals surface area contributed by atoms with Crippen LogP contribution in [-0.2, 0) is 4.79 Å². The minimum Gasteiger partial charge on any atom is -0.350 e. The molecule has 0 radical (unpaired) electrons. The van der Waals surface area contributed by atoms with E-state index in [9.17, 15) is 4.79 Å². The second-order valence-electron chi connectivity index (χ2n) is 4.67. The molecule has 108 valence electrons. The van der Waals surface area contributed by atoms with E-state index in [-0.39, 0.29) is 11.9 Å². The molecule has 3 heteroatoms. The lowest BCUT2D eigenvalue weighted by molar-refractivity contribution is -0.119. The largest absolute Gasteiger partial charge is 0.350 e. The van der Waals surface area contributed by atoms with Gasteiger partial charge >= 0.3 is 0 Å². The van der Waals surface area contributed by atoms with E-state index in [1.54, 1.807) is 13.0 Å². The number of carbonyl (C=O) groups excluding carboxylic acids is 1. The van der Waals surface area contributed by atoms with Crippen molar-refractivity contribution >= 4 is 5.91 Å². The van der Waals surface area contributed by atoms with Crippen molar-refractivity contribution in [1.82, 2.24) is 10.6 Å². The third kappa shape index (κ3) is 8.38. The fourth-order valence-electron chi connectivity index (χ4n) is 2.03. The van der Waals surface area contributed by atoms with E-state index in [4.69, 9.17) is 0 Å². The summed E-state index contributed by atoms with van der Waals surface area (Å²) in [4.78, 5) is 11.3. The van der Waals surface area contributed by atoms with Crippen LogP contribution in [0.4, 0.5) is 0 Å². The Balaban J connectivity index is 4.64. The molecule has 0 aliphatic carbocycles.